The van der Waals surface area contributed by atoms with E-state index in [1.54, 1.807) is 19.1 Å². The molecule has 0 radical (unpaired) electrons. The SMILES string of the molecule is CCOC(=O)c1cc2c(OC)cc(Br)cc2[nH]c1=O. The van der Waals surface area contributed by atoms with Crippen molar-refractivity contribution in [2.45, 2.75) is 6.92 Å². The maximum atomic E-state index is 11.8. The average molecular weight is 326 g/mol. The van der Waals surface area contributed by atoms with Gasteiger partial charge in [-0.25, -0.2) is 4.79 Å². The van der Waals surface area contributed by atoms with E-state index in [9.17, 15) is 9.59 Å². The van der Waals surface area contributed by atoms with Crippen molar-refractivity contribution in [1.82, 2.24) is 4.98 Å². The van der Waals surface area contributed by atoms with Gasteiger partial charge in [0.1, 0.15) is 11.3 Å². The highest BCUT2D eigenvalue weighted by molar-refractivity contribution is 9.10. The number of ether oxygens (including phenoxy) is 2. The molecule has 1 aromatic heterocycles. The number of carbonyl (C=O) groups excluding carboxylic acids is 1. The Morgan fingerprint density at radius 1 is 1.37 bits per heavy atom. The van der Waals surface area contributed by atoms with Gasteiger partial charge in [0.2, 0.25) is 0 Å². The van der Waals surface area contributed by atoms with Crippen molar-refractivity contribution in [3.05, 3.63) is 38.6 Å². The average Bonchev–Trinajstić information content (AvgIpc) is 2.36. The number of hydrogen-bond acceptors (Lipinski definition) is 4. The smallest absolute Gasteiger partial charge is 0.343 e. The van der Waals surface area contributed by atoms with E-state index in [-0.39, 0.29) is 12.2 Å². The van der Waals surface area contributed by atoms with Gasteiger partial charge >= 0.3 is 5.97 Å². The summed E-state index contributed by atoms with van der Waals surface area (Å²) in [7, 11) is 1.52. The van der Waals surface area contributed by atoms with Crippen LogP contribution in [0.5, 0.6) is 5.75 Å². The number of carbonyl (C=O) groups is 1. The van der Waals surface area contributed by atoms with Crippen LogP contribution in [0.3, 0.4) is 0 Å². The molecule has 0 spiro atoms. The lowest BCUT2D eigenvalue weighted by Crippen LogP contribution is -2.19. The molecular formula is C13H12BrNO4. The first kappa shape index (κ1) is 13.6. The summed E-state index contributed by atoms with van der Waals surface area (Å²) in [5.41, 5.74) is 0.0744. The number of methoxy groups -OCH3 is 1. The zero-order chi connectivity index (χ0) is 14.0. The maximum Gasteiger partial charge on any atom is 0.343 e. The minimum absolute atomic E-state index is 0.0324. The first-order valence-electron chi connectivity index (χ1n) is 5.64. The third-order valence-corrected chi connectivity index (χ3v) is 3.06. The Morgan fingerprint density at radius 3 is 2.74 bits per heavy atom. The van der Waals surface area contributed by atoms with Crippen LogP contribution < -0.4 is 10.3 Å². The van der Waals surface area contributed by atoms with Crippen LogP contribution in [0.25, 0.3) is 10.9 Å². The molecule has 1 N–H and O–H groups in total. The molecule has 5 nitrogen and oxygen atoms in total. The molecule has 0 bridgehead atoms. The van der Waals surface area contributed by atoms with E-state index in [0.29, 0.717) is 16.7 Å². The van der Waals surface area contributed by atoms with E-state index in [0.717, 1.165) is 4.47 Å². The van der Waals surface area contributed by atoms with Crippen molar-refractivity contribution in [2.75, 3.05) is 13.7 Å². The molecule has 1 heterocycles. The number of halogens is 1. The van der Waals surface area contributed by atoms with E-state index in [2.05, 4.69) is 20.9 Å². The molecule has 100 valence electrons. The van der Waals surface area contributed by atoms with Crippen molar-refractivity contribution in [2.24, 2.45) is 0 Å². The number of esters is 1. The van der Waals surface area contributed by atoms with E-state index in [1.165, 1.54) is 13.2 Å². The van der Waals surface area contributed by atoms with Crippen LogP contribution in [-0.4, -0.2) is 24.7 Å². The van der Waals surface area contributed by atoms with Crippen molar-refractivity contribution < 1.29 is 14.3 Å². The molecular weight excluding hydrogens is 314 g/mol. The normalized spacial score (nSPS) is 10.5. The summed E-state index contributed by atoms with van der Waals surface area (Å²) in [5.74, 6) is -0.0817. The van der Waals surface area contributed by atoms with Crippen molar-refractivity contribution >= 4 is 32.8 Å². The zero-order valence-corrected chi connectivity index (χ0v) is 12.0. The van der Waals surface area contributed by atoms with E-state index >= 15 is 0 Å². The van der Waals surface area contributed by atoms with Crippen LogP contribution in [0.2, 0.25) is 0 Å². The van der Waals surface area contributed by atoms with Crippen LogP contribution in [0, 0.1) is 0 Å². The Hall–Kier alpha value is -1.82. The third-order valence-electron chi connectivity index (χ3n) is 2.60. The maximum absolute atomic E-state index is 11.8. The lowest BCUT2D eigenvalue weighted by Gasteiger charge is -2.08. The van der Waals surface area contributed by atoms with Crippen LogP contribution in [0.4, 0.5) is 0 Å². The van der Waals surface area contributed by atoms with Gasteiger partial charge in [-0.2, -0.15) is 0 Å². The van der Waals surface area contributed by atoms with Gasteiger partial charge in [-0.3, -0.25) is 4.79 Å². The topological polar surface area (TPSA) is 68.4 Å². The molecule has 6 heteroatoms. The second-order valence-electron chi connectivity index (χ2n) is 3.80. The number of rotatable bonds is 3. The number of nitrogens with one attached hydrogen (secondary N) is 1. The van der Waals surface area contributed by atoms with Gasteiger partial charge in [-0.05, 0) is 25.1 Å². The molecule has 0 aliphatic carbocycles. The fourth-order valence-corrected chi connectivity index (χ4v) is 2.21. The Bertz CT molecular complexity index is 693. The molecule has 2 aromatic rings. The molecule has 0 atom stereocenters. The molecule has 0 unspecified atom stereocenters. The van der Waals surface area contributed by atoms with Crippen molar-refractivity contribution in [3.8, 4) is 5.75 Å². The minimum Gasteiger partial charge on any atom is -0.496 e. The number of aromatic nitrogens is 1. The lowest BCUT2D eigenvalue weighted by atomic mass is 10.1. The Kier molecular flexibility index (Phi) is 3.90. The summed E-state index contributed by atoms with van der Waals surface area (Å²) >= 11 is 3.33. The van der Waals surface area contributed by atoms with Crippen LogP contribution in [-0.2, 0) is 4.74 Å². The van der Waals surface area contributed by atoms with Gasteiger partial charge < -0.3 is 14.5 Å². The summed E-state index contributed by atoms with van der Waals surface area (Å²) in [6, 6.07) is 4.99. The molecule has 0 amide bonds. The predicted molar refractivity (Wildman–Crippen MR) is 74.8 cm³/mol. The number of pyridine rings is 1. The van der Waals surface area contributed by atoms with Gasteiger partial charge in [0.15, 0.2) is 0 Å². The molecule has 0 fully saturated rings. The Labute approximate surface area is 117 Å². The van der Waals surface area contributed by atoms with Crippen LogP contribution in [0.1, 0.15) is 17.3 Å². The first-order valence-corrected chi connectivity index (χ1v) is 6.43. The van der Waals surface area contributed by atoms with E-state index in [4.69, 9.17) is 9.47 Å². The number of aromatic amines is 1. The number of hydrogen-bond donors (Lipinski definition) is 1. The van der Waals surface area contributed by atoms with E-state index in [1.807, 2.05) is 0 Å². The standard InChI is InChI=1S/C13H12BrNO4/c1-3-19-13(17)9-6-8-10(15-12(9)16)4-7(14)5-11(8)18-2/h4-6H,3H2,1-2H3,(H,15,16). The number of benzene rings is 1. The summed E-state index contributed by atoms with van der Waals surface area (Å²) in [6.07, 6.45) is 0. The molecule has 0 saturated carbocycles. The predicted octanol–water partition coefficient (Wildman–Crippen LogP) is 2.48. The van der Waals surface area contributed by atoms with Crippen LogP contribution >= 0.6 is 15.9 Å². The quantitative estimate of drug-likeness (QED) is 0.880. The molecule has 0 saturated heterocycles. The largest absolute Gasteiger partial charge is 0.496 e. The molecule has 2 rings (SSSR count). The molecule has 0 aliphatic heterocycles. The monoisotopic (exact) mass is 325 g/mol. The van der Waals surface area contributed by atoms with Gasteiger partial charge in [-0.1, -0.05) is 15.9 Å². The van der Waals surface area contributed by atoms with Gasteiger partial charge in [0.25, 0.3) is 5.56 Å². The first-order chi connectivity index (χ1) is 9.06. The Morgan fingerprint density at radius 2 is 2.11 bits per heavy atom. The highest BCUT2D eigenvalue weighted by atomic mass is 79.9. The minimum atomic E-state index is -0.643. The Balaban J connectivity index is 2.70. The number of fused-ring (bicyclic) bond motifs is 1. The highest BCUT2D eigenvalue weighted by Gasteiger charge is 2.15. The fourth-order valence-electron chi connectivity index (χ4n) is 1.77. The lowest BCUT2D eigenvalue weighted by molar-refractivity contribution is 0.0524. The number of H-pyrrole nitrogens is 1. The fraction of sp³-hybridized carbons (Fsp3) is 0.231. The summed E-state index contributed by atoms with van der Waals surface area (Å²) in [4.78, 5) is 26.2. The molecule has 0 aliphatic rings. The van der Waals surface area contributed by atoms with Gasteiger partial charge in [0.05, 0.1) is 19.2 Å². The molecule has 19 heavy (non-hydrogen) atoms. The van der Waals surface area contributed by atoms with Crippen molar-refractivity contribution in [1.29, 1.82) is 0 Å². The van der Waals surface area contributed by atoms with Crippen molar-refractivity contribution in [3.63, 3.8) is 0 Å². The molecule has 1 aromatic carbocycles. The second kappa shape index (κ2) is 5.44. The second-order valence-corrected chi connectivity index (χ2v) is 4.72. The third kappa shape index (κ3) is 2.63. The summed E-state index contributed by atoms with van der Waals surface area (Å²) < 4.78 is 10.9. The highest BCUT2D eigenvalue weighted by Crippen LogP contribution is 2.28. The van der Waals surface area contributed by atoms with E-state index < -0.39 is 11.5 Å². The van der Waals surface area contributed by atoms with Gasteiger partial charge in [0, 0.05) is 9.86 Å². The zero-order valence-electron chi connectivity index (χ0n) is 10.5. The summed E-state index contributed by atoms with van der Waals surface area (Å²) in [6.45, 7) is 1.90. The summed E-state index contributed by atoms with van der Waals surface area (Å²) in [5, 5.41) is 0.647. The van der Waals surface area contributed by atoms with Crippen LogP contribution in [0.15, 0.2) is 27.5 Å². The van der Waals surface area contributed by atoms with Gasteiger partial charge in [-0.15, -0.1) is 0 Å².